The molecule has 3 aromatic heterocycles. The number of primary amides is 1. The molecule has 0 aliphatic heterocycles. The molecule has 0 aliphatic carbocycles. The number of alkyl halides is 2. The van der Waals surface area contributed by atoms with E-state index < -0.39 is 29.9 Å². The number of aromatic nitrogens is 6. The van der Waals surface area contributed by atoms with Gasteiger partial charge in [0.1, 0.15) is 5.69 Å². The van der Waals surface area contributed by atoms with Crippen molar-refractivity contribution >= 4 is 17.7 Å². The van der Waals surface area contributed by atoms with E-state index in [0.29, 0.717) is 28.2 Å². The maximum absolute atomic E-state index is 12.6. The second kappa shape index (κ2) is 9.85. The molecule has 0 atom stereocenters. The lowest BCUT2D eigenvalue weighted by atomic mass is 10.1. The van der Waals surface area contributed by atoms with E-state index in [1.165, 1.54) is 20.0 Å². The van der Waals surface area contributed by atoms with Gasteiger partial charge in [0, 0.05) is 17.4 Å². The molecule has 0 fully saturated rings. The Kier molecular flexibility index (Phi) is 6.67. The van der Waals surface area contributed by atoms with Gasteiger partial charge in [0.05, 0.1) is 24.0 Å². The molecule has 0 saturated heterocycles. The quantitative estimate of drug-likeness (QED) is 0.371. The second-order valence-electron chi connectivity index (χ2n) is 8.05. The average molecular weight is 498 g/mol. The Labute approximate surface area is 202 Å². The summed E-state index contributed by atoms with van der Waals surface area (Å²) in [6.07, 6.45) is -0.769. The van der Waals surface area contributed by atoms with Gasteiger partial charge in [-0.25, -0.2) is 9.48 Å². The molecule has 0 bridgehead atoms. The highest BCUT2D eigenvalue weighted by molar-refractivity contribution is 5.98. The van der Waals surface area contributed by atoms with Crippen molar-refractivity contribution in [3.63, 3.8) is 0 Å². The van der Waals surface area contributed by atoms with Crippen LogP contribution in [0.15, 0.2) is 53.2 Å². The molecule has 0 aliphatic rings. The number of benzene rings is 1. The fourth-order valence-electron chi connectivity index (χ4n) is 3.09. The van der Waals surface area contributed by atoms with E-state index in [1.807, 2.05) is 0 Å². The number of hydrogen-bond donors (Lipinski definition) is 2. The fourth-order valence-corrected chi connectivity index (χ4v) is 3.09. The predicted octanol–water partition coefficient (Wildman–Crippen LogP) is 3.19. The number of nitrogens with one attached hydrogen (secondary N) is 1. The number of nitrogens with zero attached hydrogens (tertiary/aromatic N) is 6. The lowest BCUT2D eigenvalue weighted by Gasteiger charge is -2.22. The number of pyridine rings is 1. The zero-order valence-corrected chi connectivity index (χ0v) is 19.1. The molecule has 3 heterocycles. The lowest BCUT2D eigenvalue weighted by molar-refractivity contribution is -0.130. The number of carbonyl (C=O) groups excluding carboxylic acids is 2. The summed E-state index contributed by atoms with van der Waals surface area (Å²) >= 11 is 0. The van der Waals surface area contributed by atoms with Crippen molar-refractivity contribution in [2.24, 2.45) is 5.73 Å². The topological polar surface area (TPSA) is 164 Å². The van der Waals surface area contributed by atoms with Crippen LogP contribution in [0.2, 0.25) is 0 Å². The van der Waals surface area contributed by atoms with Crippen LogP contribution in [-0.2, 0) is 16.1 Å². The van der Waals surface area contributed by atoms with Crippen LogP contribution in [-0.4, -0.2) is 47.8 Å². The summed E-state index contributed by atoms with van der Waals surface area (Å²) in [6.45, 7) is 3.13. The van der Waals surface area contributed by atoms with E-state index in [2.05, 4.69) is 30.8 Å². The fraction of sp³-hybridized carbons (Fsp3) is 0.227. The summed E-state index contributed by atoms with van der Waals surface area (Å²) in [5.41, 5.74) is 6.27. The molecular formula is C22H20F2N8O4. The minimum absolute atomic E-state index is 0.0519. The van der Waals surface area contributed by atoms with Crippen molar-refractivity contribution in [2.45, 2.75) is 32.4 Å². The predicted molar refractivity (Wildman–Crippen MR) is 120 cm³/mol. The number of rotatable bonds is 8. The number of carbonyl (C=O) groups is 2. The molecular weight excluding hydrogens is 478 g/mol. The molecule has 2 amide bonds. The maximum Gasteiger partial charge on any atom is 0.405 e. The Morgan fingerprint density at radius 3 is 2.64 bits per heavy atom. The monoisotopic (exact) mass is 498 g/mol. The minimum atomic E-state index is -2.85. The van der Waals surface area contributed by atoms with Crippen LogP contribution in [0.4, 0.5) is 19.3 Å². The molecule has 0 spiro atoms. The van der Waals surface area contributed by atoms with Gasteiger partial charge >= 0.3 is 12.5 Å². The number of ether oxygens (including phenoxy) is 1. The third-order valence-electron chi connectivity index (χ3n) is 4.88. The van der Waals surface area contributed by atoms with E-state index in [4.69, 9.17) is 14.9 Å². The zero-order valence-electron chi connectivity index (χ0n) is 19.1. The lowest BCUT2D eigenvalue weighted by Crippen LogP contribution is -2.42. The second-order valence-corrected chi connectivity index (χ2v) is 8.05. The van der Waals surface area contributed by atoms with E-state index in [1.54, 1.807) is 47.3 Å². The van der Waals surface area contributed by atoms with Gasteiger partial charge in [0.2, 0.25) is 5.89 Å². The van der Waals surface area contributed by atoms with Crippen molar-refractivity contribution in [3.05, 3.63) is 60.4 Å². The summed E-state index contributed by atoms with van der Waals surface area (Å²) < 4.78 is 36.6. The summed E-state index contributed by atoms with van der Waals surface area (Å²) in [6, 6.07) is 10.2. The summed E-state index contributed by atoms with van der Waals surface area (Å²) in [5.74, 6) is -1.36. The smallest absolute Gasteiger partial charge is 0.405 e. The van der Waals surface area contributed by atoms with Gasteiger partial charge in [-0.05, 0) is 38.1 Å². The van der Waals surface area contributed by atoms with Crippen LogP contribution in [0.3, 0.4) is 0 Å². The third kappa shape index (κ3) is 5.65. The van der Waals surface area contributed by atoms with Gasteiger partial charge in [-0.1, -0.05) is 17.3 Å². The number of hydrogen-bond acceptors (Lipinski definition) is 9. The number of halogens is 2. The van der Waals surface area contributed by atoms with Crippen molar-refractivity contribution in [1.29, 1.82) is 0 Å². The first-order valence-corrected chi connectivity index (χ1v) is 10.5. The molecule has 14 heteroatoms. The zero-order chi connectivity index (χ0) is 25.9. The summed E-state index contributed by atoms with van der Waals surface area (Å²) in [4.78, 5) is 27.7. The van der Waals surface area contributed by atoms with Crippen molar-refractivity contribution in [3.8, 4) is 22.7 Å². The van der Waals surface area contributed by atoms with Crippen LogP contribution in [0.25, 0.3) is 22.7 Å². The number of amides is 2. The van der Waals surface area contributed by atoms with E-state index in [9.17, 15) is 18.4 Å². The molecule has 1 aromatic carbocycles. The van der Waals surface area contributed by atoms with Crippen LogP contribution in [0.1, 0.15) is 31.9 Å². The standard InChI is InChI=1S/C22H20F2N8O4/c1-22(2,36-21(25)34)20(33)27-14-5-3-4-12(8-14)16-11-32(31-28-16)10-15-7-6-13(9-26-15)18-29-30-19(35-18)17(23)24/h3-9,11,17H,10H2,1-2H3,(H2,25,34)(H,27,33). The highest BCUT2D eigenvalue weighted by Crippen LogP contribution is 2.24. The van der Waals surface area contributed by atoms with Crippen molar-refractivity contribution in [2.75, 3.05) is 5.32 Å². The Morgan fingerprint density at radius 2 is 1.97 bits per heavy atom. The molecule has 4 rings (SSSR count). The first kappa shape index (κ1) is 24.4. The number of anilines is 1. The van der Waals surface area contributed by atoms with Crippen LogP contribution in [0, 0.1) is 0 Å². The molecule has 4 aromatic rings. The van der Waals surface area contributed by atoms with Gasteiger partial charge in [-0.2, -0.15) is 8.78 Å². The molecule has 3 N–H and O–H groups in total. The molecule has 0 unspecified atom stereocenters. The van der Waals surface area contributed by atoms with E-state index in [-0.39, 0.29) is 12.4 Å². The van der Waals surface area contributed by atoms with Gasteiger partial charge in [-0.15, -0.1) is 15.3 Å². The Balaban J connectivity index is 1.43. The van der Waals surface area contributed by atoms with Crippen LogP contribution >= 0.6 is 0 Å². The minimum Gasteiger partial charge on any atom is -0.434 e. The molecule has 0 saturated carbocycles. The van der Waals surface area contributed by atoms with Gasteiger partial charge < -0.3 is 20.2 Å². The van der Waals surface area contributed by atoms with Crippen molar-refractivity contribution < 1.29 is 27.5 Å². The maximum atomic E-state index is 12.6. The summed E-state index contributed by atoms with van der Waals surface area (Å²) in [7, 11) is 0. The van der Waals surface area contributed by atoms with Crippen molar-refractivity contribution in [1.82, 2.24) is 30.2 Å². The number of nitrogens with two attached hydrogens (primary N) is 1. The third-order valence-corrected chi connectivity index (χ3v) is 4.88. The normalized spacial score (nSPS) is 11.5. The first-order chi connectivity index (χ1) is 17.1. The molecule has 36 heavy (non-hydrogen) atoms. The summed E-state index contributed by atoms with van der Waals surface area (Å²) in [5, 5.41) is 17.8. The van der Waals surface area contributed by atoms with E-state index in [0.717, 1.165) is 0 Å². The Bertz CT molecular complexity index is 1380. The molecule has 186 valence electrons. The van der Waals surface area contributed by atoms with Gasteiger partial charge in [-0.3, -0.25) is 9.78 Å². The SMILES string of the molecule is CC(C)(OC(N)=O)C(=O)Nc1cccc(-c2cn(Cc3ccc(-c4nnc(C(F)F)o4)cn3)nn2)c1. The van der Waals surface area contributed by atoms with E-state index >= 15 is 0 Å². The first-order valence-electron chi connectivity index (χ1n) is 10.5. The van der Waals surface area contributed by atoms with Crippen LogP contribution < -0.4 is 11.1 Å². The highest BCUT2D eigenvalue weighted by Gasteiger charge is 2.31. The molecule has 0 radical (unpaired) electrons. The largest absolute Gasteiger partial charge is 0.434 e. The Morgan fingerprint density at radius 1 is 1.17 bits per heavy atom. The average Bonchev–Trinajstić information content (AvgIpc) is 3.49. The van der Waals surface area contributed by atoms with Gasteiger partial charge in [0.25, 0.3) is 11.8 Å². The molecule has 12 nitrogen and oxygen atoms in total. The Hall–Kier alpha value is -4.75. The highest BCUT2D eigenvalue weighted by atomic mass is 19.3. The van der Waals surface area contributed by atoms with Crippen LogP contribution in [0.5, 0.6) is 0 Å². The van der Waals surface area contributed by atoms with Gasteiger partial charge in [0.15, 0.2) is 5.60 Å².